The van der Waals surface area contributed by atoms with Gasteiger partial charge in [-0.3, -0.25) is 0 Å². The molecule has 0 spiro atoms. The van der Waals surface area contributed by atoms with Crippen LogP contribution in [0.2, 0.25) is 0 Å². The fourth-order valence-electron chi connectivity index (χ4n) is 0.604. The molecule has 0 aromatic heterocycles. The molecule has 0 atom stereocenters. The topological polar surface area (TPSA) is 57.5 Å². The Morgan fingerprint density at radius 1 is 1.17 bits per heavy atom. The Balaban J connectivity index is 0.000000561. The van der Waals surface area contributed by atoms with Crippen molar-refractivity contribution in [3.63, 3.8) is 0 Å². The SMILES string of the molecule is CC.O=C(O)c1ccc(O)cc1. The van der Waals surface area contributed by atoms with E-state index in [1.54, 1.807) is 0 Å². The van der Waals surface area contributed by atoms with Crippen LogP contribution in [0.5, 0.6) is 5.75 Å². The Hall–Kier alpha value is -1.51. The highest BCUT2D eigenvalue weighted by atomic mass is 16.4. The molecule has 0 aliphatic heterocycles. The molecule has 0 saturated heterocycles. The fourth-order valence-corrected chi connectivity index (χ4v) is 0.604. The molecule has 0 bridgehead atoms. The molecular formula is C9H12O3. The van der Waals surface area contributed by atoms with Crippen molar-refractivity contribution in [3.8, 4) is 5.75 Å². The summed E-state index contributed by atoms with van der Waals surface area (Å²) in [6.45, 7) is 4.00. The van der Waals surface area contributed by atoms with E-state index < -0.39 is 5.97 Å². The van der Waals surface area contributed by atoms with Gasteiger partial charge in [-0.2, -0.15) is 0 Å². The summed E-state index contributed by atoms with van der Waals surface area (Å²) in [6.07, 6.45) is 0. The summed E-state index contributed by atoms with van der Waals surface area (Å²) in [7, 11) is 0. The predicted molar refractivity (Wildman–Crippen MR) is 46.4 cm³/mol. The molecule has 0 saturated carbocycles. The van der Waals surface area contributed by atoms with Gasteiger partial charge in [-0.1, -0.05) is 13.8 Å². The Kier molecular flexibility index (Phi) is 4.53. The number of rotatable bonds is 1. The van der Waals surface area contributed by atoms with E-state index in [1.807, 2.05) is 13.8 Å². The Morgan fingerprint density at radius 2 is 1.58 bits per heavy atom. The number of carboxylic acid groups (broad SMARTS) is 1. The largest absolute Gasteiger partial charge is 0.508 e. The lowest BCUT2D eigenvalue weighted by Crippen LogP contribution is -1.93. The van der Waals surface area contributed by atoms with Gasteiger partial charge in [0.1, 0.15) is 5.75 Å². The van der Waals surface area contributed by atoms with Crippen LogP contribution in [0.15, 0.2) is 24.3 Å². The standard InChI is InChI=1S/C7H6O3.C2H6/c8-6-3-1-5(2-4-6)7(9)10;1-2/h1-4,8H,(H,9,10);1-2H3. The van der Waals surface area contributed by atoms with E-state index in [0.717, 1.165) is 0 Å². The molecule has 0 amide bonds. The Labute approximate surface area is 71.3 Å². The second kappa shape index (κ2) is 5.18. The number of carboxylic acids is 1. The van der Waals surface area contributed by atoms with Crippen molar-refractivity contribution in [2.24, 2.45) is 0 Å². The van der Waals surface area contributed by atoms with E-state index in [1.165, 1.54) is 24.3 Å². The van der Waals surface area contributed by atoms with Gasteiger partial charge in [0.2, 0.25) is 0 Å². The Bertz CT molecular complexity index is 238. The van der Waals surface area contributed by atoms with Crippen molar-refractivity contribution in [1.29, 1.82) is 0 Å². The maximum atomic E-state index is 10.2. The number of benzene rings is 1. The second-order valence-electron chi connectivity index (χ2n) is 1.85. The third-order valence-electron chi connectivity index (χ3n) is 1.11. The smallest absolute Gasteiger partial charge is 0.335 e. The van der Waals surface area contributed by atoms with Gasteiger partial charge in [0, 0.05) is 0 Å². The molecule has 0 heterocycles. The van der Waals surface area contributed by atoms with Gasteiger partial charge >= 0.3 is 5.97 Å². The first-order valence-electron chi connectivity index (χ1n) is 3.72. The molecule has 0 radical (unpaired) electrons. The summed E-state index contributed by atoms with van der Waals surface area (Å²) >= 11 is 0. The zero-order valence-corrected chi connectivity index (χ0v) is 7.11. The molecule has 0 fully saturated rings. The van der Waals surface area contributed by atoms with Crippen molar-refractivity contribution in [1.82, 2.24) is 0 Å². The van der Waals surface area contributed by atoms with Crippen LogP contribution in [-0.2, 0) is 0 Å². The van der Waals surface area contributed by atoms with Crippen LogP contribution in [0.1, 0.15) is 24.2 Å². The molecule has 0 unspecified atom stereocenters. The van der Waals surface area contributed by atoms with Crippen LogP contribution < -0.4 is 0 Å². The lowest BCUT2D eigenvalue weighted by molar-refractivity contribution is 0.0697. The summed E-state index contributed by atoms with van der Waals surface area (Å²) in [4.78, 5) is 10.2. The van der Waals surface area contributed by atoms with Crippen molar-refractivity contribution in [3.05, 3.63) is 29.8 Å². The monoisotopic (exact) mass is 168 g/mol. The minimum atomic E-state index is -0.986. The minimum absolute atomic E-state index is 0.0741. The normalized spacial score (nSPS) is 8.17. The van der Waals surface area contributed by atoms with Crippen molar-refractivity contribution in [2.75, 3.05) is 0 Å². The van der Waals surface area contributed by atoms with Crippen LogP contribution in [0, 0.1) is 0 Å². The summed E-state index contributed by atoms with van der Waals surface area (Å²) < 4.78 is 0. The first-order chi connectivity index (χ1) is 5.70. The molecule has 66 valence electrons. The minimum Gasteiger partial charge on any atom is -0.508 e. The summed E-state index contributed by atoms with van der Waals surface area (Å²) in [5.41, 5.74) is 0.179. The summed E-state index contributed by atoms with van der Waals surface area (Å²) in [5, 5.41) is 17.1. The highest BCUT2D eigenvalue weighted by molar-refractivity contribution is 5.87. The van der Waals surface area contributed by atoms with E-state index >= 15 is 0 Å². The molecular weight excluding hydrogens is 156 g/mol. The Morgan fingerprint density at radius 3 is 1.92 bits per heavy atom. The quantitative estimate of drug-likeness (QED) is 0.675. The van der Waals surface area contributed by atoms with E-state index in [0.29, 0.717) is 0 Å². The maximum Gasteiger partial charge on any atom is 0.335 e. The van der Waals surface area contributed by atoms with Gasteiger partial charge in [0.25, 0.3) is 0 Å². The number of aromatic carboxylic acids is 1. The molecule has 1 aromatic carbocycles. The zero-order chi connectivity index (χ0) is 9.56. The molecule has 1 aromatic rings. The third kappa shape index (κ3) is 3.05. The third-order valence-corrected chi connectivity index (χ3v) is 1.11. The maximum absolute atomic E-state index is 10.2. The van der Waals surface area contributed by atoms with Gasteiger partial charge in [-0.15, -0.1) is 0 Å². The van der Waals surface area contributed by atoms with Gasteiger partial charge < -0.3 is 10.2 Å². The molecule has 2 N–H and O–H groups in total. The van der Waals surface area contributed by atoms with Gasteiger partial charge in [-0.25, -0.2) is 4.79 Å². The molecule has 12 heavy (non-hydrogen) atoms. The average molecular weight is 168 g/mol. The highest BCUT2D eigenvalue weighted by Crippen LogP contribution is 2.08. The summed E-state index contributed by atoms with van der Waals surface area (Å²) in [5.74, 6) is -0.912. The first kappa shape index (κ1) is 10.5. The zero-order valence-electron chi connectivity index (χ0n) is 7.11. The van der Waals surface area contributed by atoms with E-state index in [-0.39, 0.29) is 11.3 Å². The van der Waals surface area contributed by atoms with Crippen LogP contribution in [0.4, 0.5) is 0 Å². The van der Waals surface area contributed by atoms with Crippen molar-refractivity contribution >= 4 is 5.97 Å². The molecule has 1 rings (SSSR count). The fraction of sp³-hybridized carbons (Fsp3) is 0.222. The van der Waals surface area contributed by atoms with E-state index in [4.69, 9.17) is 10.2 Å². The number of aromatic hydroxyl groups is 1. The van der Waals surface area contributed by atoms with Crippen molar-refractivity contribution in [2.45, 2.75) is 13.8 Å². The van der Waals surface area contributed by atoms with E-state index in [2.05, 4.69) is 0 Å². The molecule has 3 heteroatoms. The van der Waals surface area contributed by atoms with Gasteiger partial charge in [-0.05, 0) is 24.3 Å². The lowest BCUT2D eigenvalue weighted by atomic mass is 10.2. The average Bonchev–Trinajstić information content (AvgIpc) is 2.09. The van der Waals surface area contributed by atoms with Gasteiger partial charge in [0.15, 0.2) is 0 Å². The van der Waals surface area contributed by atoms with Crippen LogP contribution in [-0.4, -0.2) is 16.2 Å². The molecule has 3 nitrogen and oxygen atoms in total. The lowest BCUT2D eigenvalue weighted by Gasteiger charge is -1.92. The van der Waals surface area contributed by atoms with E-state index in [9.17, 15) is 4.79 Å². The second-order valence-corrected chi connectivity index (χ2v) is 1.85. The first-order valence-corrected chi connectivity index (χ1v) is 3.72. The predicted octanol–water partition coefficient (Wildman–Crippen LogP) is 2.12. The summed E-state index contributed by atoms with van der Waals surface area (Å²) in [6, 6.07) is 5.36. The molecule has 0 aliphatic carbocycles. The van der Waals surface area contributed by atoms with Crippen LogP contribution in [0.3, 0.4) is 0 Å². The number of carbonyl (C=O) groups is 1. The number of hydrogen-bond acceptors (Lipinski definition) is 2. The van der Waals surface area contributed by atoms with Gasteiger partial charge in [0.05, 0.1) is 5.56 Å². The number of hydrogen-bond donors (Lipinski definition) is 2. The highest BCUT2D eigenvalue weighted by Gasteiger charge is 1.99. The number of phenols is 1. The van der Waals surface area contributed by atoms with Crippen molar-refractivity contribution < 1.29 is 15.0 Å². The van der Waals surface area contributed by atoms with Crippen LogP contribution in [0.25, 0.3) is 0 Å². The van der Waals surface area contributed by atoms with Crippen LogP contribution >= 0.6 is 0 Å². The molecule has 0 aliphatic rings. The number of phenolic OH excluding ortho intramolecular Hbond substituents is 1.